The van der Waals surface area contributed by atoms with Crippen molar-refractivity contribution in [3.63, 3.8) is 0 Å². The maximum absolute atomic E-state index is 12.5. The molecule has 2 heterocycles. The molecule has 1 aromatic heterocycles. The number of hydrogen-bond donors (Lipinski definition) is 0. The summed E-state index contributed by atoms with van der Waals surface area (Å²) in [6.07, 6.45) is 6.92. The van der Waals surface area contributed by atoms with Crippen LogP contribution in [0.3, 0.4) is 0 Å². The largest absolute Gasteiger partial charge is 0.298 e. The highest BCUT2D eigenvalue weighted by molar-refractivity contribution is 7.89. The van der Waals surface area contributed by atoms with Crippen LogP contribution in [-0.4, -0.2) is 42.1 Å². The Morgan fingerprint density at radius 3 is 2.21 bits per heavy atom. The summed E-state index contributed by atoms with van der Waals surface area (Å²) in [6.45, 7) is 1.22. The van der Waals surface area contributed by atoms with Crippen molar-refractivity contribution in [1.82, 2.24) is 14.3 Å². The predicted molar refractivity (Wildman–Crippen MR) is 89.3 cm³/mol. The zero-order chi connectivity index (χ0) is 17.0. The first-order valence-electron chi connectivity index (χ1n) is 7.95. The number of nitrogens with zero attached hydrogens (tertiary/aromatic N) is 3. The zero-order valence-electron chi connectivity index (χ0n) is 13.3. The second kappa shape index (κ2) is 7.19. The van der Waals surface area contributed by atoms with E-state index in [4.69, 9.17) is 0 Å². The molecule has 0 amide bonds. The Hall–Kier alpha value is -2.12. The van der Waals surface area contributed by atoms with Gasteiger partial charge < -0.3 is 0 Å². The van der Waals surface area contributed by atoms with Gasteiger partial charge in [-0.05, 0) is 37.0 Å². The average molecular weight is 345 g/mol. The second-order valence-electron chi connectivity index (χ2n) is 5.81. The molecule has 0 radical (unpaired) electrons. The molecule has 126 valence electrons. The van der Waals surface area contributed by atoms with Gasteiger partial charge in [0, 0.05) is 31.9 Å². The number of carbonyl (C=O) groups is 1. The topological polar surface area (TPSA) is 80.2 Å². The third-order valence-electron chi connectivity index (χ3n) is 4.12. The Bertz CT molecular complexity index is 796. The van der Waals surface area contributed by atoms with Crippen LogP contribution >= 0.6 is 0 Å². The molecule has 6 nitrogen and oxygen atoms in total. The molecule has 1 aliphatic rings. The molecule has 0 aliphatic carbocycles. The van der Waals surface area contributed by atoms with Crippen LogP contribution in [-0.2, 0) is 22.9 Å². The predicted octanol–water partition coefficient (Wildman–Crippen LogP) is 1.86. The number of aryl methyl sites for hydroxylation is 2. The second-order valence-corrected chi connectivity index (χ2v) is 7.74. The number of rotatable bonds is 6. The molecule has 0 saturated carbocycles. The van der Waals surface area contributed by atoms with Gasteiger partial charge in [-0.25, -0.2) is 18.4 Å². The van der Waals surface area contributed by atoms with E-state index in [1.54, 1.807) is 16.4 Å². The van der Waals surface area contributed by atoms with E-state index in [-0.39, 0.29) is 0 Å². The summed E-state index contributed by atoms with van der Waals surface area (Å²) in [5.41, 5.74) is 1.48. The molecule has 0 unspecified atom stereocenters. The first-order valence-corrected chi connectivity index (χ1v) is 9.39. The molecule has 0 N–H and O–H groups in total. The van der Waals surface area contributed by atoms with Crippen molar-refractivity contribution in [2.24, 2.45) is 0 Å². The molecule has 0 spiro atoms. The summed E-state index contributed by atoms with van der Waals surface area (Å²) in [6, 6.07) is 7.00. The summed E-state index contributed by atoms with van der Waals surface area (Å²) in [4.78, 5) is 19.2. The van der Waals surface area contributed by atoms with E-state index in [0.29, 0.717) is 48.5 Å². The monoisotopic (exact) mass is 345 g/mol. The van der Waals surface area contributed by atoms with Gasteiger partial charge in [-0.1, -0.05) is 12.1 Å². The van der Waals surface area contributed by atoms with Crippen molar-refractivity contribution in [3.05, 3.63) is 53.6 Å². The van der Waals surface area contributed by atoms with Crippen LogP contribution in [0.2, 0.25) is 0 Å². The average Bonchev–Trinajstić information content (AvgIpc) is 3.16. The van der Waals surface area contributed by atoms with Crippen molar-refractivity contribution in [1.29, 1.82) is 0 Å². The molecule has 3 rings (SSSR count). The normalized spacial score (nSPS) is 15.5. The van der Waals surface area contributed by atoms with Crippen molar-refractivity contribution in [3.8, 4) is 0 Å². The molecule has 0 atom stereocenters. The maximum Gasteiger partial charge on any atom is 0.243 e. The lowest BCUT2D eigenvalue weighted by Crippen LogP contribution is -2.27. The Labute approximate surface area is 141 Å². The summed E-state index contributed by atoms with van der Waals surface area (Å²) >= 11 is 0. The molecule has 1 aromatic carbocycles. The van der Waals surface area contributed by atoms with Crippen LogP contribution in [0.1, 0.15) is 34.6 Å². The molecule has 1 aliphatic heterocycles. The Balaban J connectivity index is 1.64. The van der Waals surface area contributed by atoms with Gasteiger partial charge in [0.25, 0.3) is 0 Å². The van der Waals surface area contributed by atoms with Gasteiger partial charge in [-0.2, -0.15) is 4.31 Å². The van der Waals surface area contributed by atoms with E-state index in [2.05, 4.69) is 9.97 Å². The quantitative estimate of drug-likeness (QED) is 0.747. The minimum Gasteiger partial charge on any atom is -0.298 e. The van der Waals surface area contributed by atoms with Gasteiger partial charge in [-0.15, -0.1) is 0 Å². The van der Waals surface area contributed by atoms with Gasteiger partial charge in [0.05, 0.1) is 10.5 Å². The van der Waals surface area contributed by atoms with E-state index < -0.39 is 10.0 Å². The Morgan fingerprint density at radius 1 is 1.00 bits per heavy atom. The van der Waals surface area contributed by atoms with E-state index in [0.717, 1.165) is 18.4 Å². The van der Waals surface area contributed by atoms with Crippen LogP contribution < -0.4 is 0 Å². The van der Waals surface area contributed by atoms with Gasteiger partial charge in [0.15, 0.2) is 6.29 Å². The SMILES string of the molecule is O=Cc1cnc(CCc2ccc(S(=O)(=O)N3CCCC3)cc2)nc1. The van der Waals surface area contributed by atoms with Crippen molar-refractivity contribution >= 4 is 16.3 Å². The van der Waals surface area contributed by atoms with Crippen molar-refractivity contribution in [2.45, 2.75) is 30.6 Å². The van der Waals surface area contributed by atoms with Crippen LogP contribution in [0.5, 0.6) is 0 Å². The van der Waals surface area contributed by atoms with E-state index >= 15 is 0 Å². The summed E-state index contributed by atoms with van der Waals surface area (Å²) in [7, 11) is -3.35. The minimum absolute atomic E-state index is 0.347. The minimum atomic E-state index is -3.35. The fourth-order valence-electron chi connectivity index (χ4n) is 2.72. The fraction of sp³-hybridized carbons (Fsp3) is 0.353. The number of carbonyl (C=O) groups excluding carboxylic acids is 1. The molecule has 1 saturated heterocycles. The lowest BCUT2D eigenvalue weighted by Gasteiger charge is -2.15. The third kappa shape index (κ3) is 3.68. The Morgan fingerprint density at radius 2 is 1.62 bits per heavy atom. The van der Waals surface area contributed by atoms with Crippen LogP contribution in [0.25, 0.3) is 0 Å². The smallest absolute Gasteiger partial charge is 0.243 e. The van der Waals surface area contributed by atoms with Gasteiger partial charge in [-0.3, -0.25) is 4.79 Å². The summed E-state index contributed by atoms with van der Waals surface area (Å²) < 4.78 is 26.5. The highest BCUT2D eigenvalue weighted by atomic mass is 32.2. The highest BCUT2D eigenvalue weighted by Crippen LogP contribution is 2.21. The molecular formula is C17H19N3O3S. The number of aromatic nitrogens is 2. The highest BCUT2D eigenvalue weighted by Gasteiger charge is 2.26. The lowest BCUT2D eigenvalue weighted by molar-refractivity contribution is 0.112. The fourth-order valence-corrected chi connectivity index (χ4v) is 4.23. The van der Waals surface area contributed by atoms with E-state index in [1.165, 1.54) is 12.4 Å². The lowest BCUT2D eigenvalue weighted by atomic mass is 10.1. The van der Waals surface area contributed by atoms with Crippen molar-refractivity contribution < 1.29 is 13.2 Å². The van der Waals surface area contributed by atoms with Crippen LogP contribution in [0.4, 0.5) is 0 Å². The number of benzene rings is 1. The van der Waals surface area contributed by atoms with Crippen molar-refractivity contribution in [2.75, 3.05) is 13.1 Å². The first-order chi connectivity index (χ1) is 11.6. The molecular weight excluding hydrogens is 326 g/mol. The molecule has 2 aromatic rings. The number of aldehydes is 1. The van der Waals surface area contributed by atoms with E-state index in [1.807, 2.05) is 12.1 Å². The molecule has 0 bridgehead atoms. The first kappa shape index (κ1) is 16.7. The van der Waals surface area contributed by atoms with Gasteiger partial charge in [0.1, 0.15) is 5.82 Å². The molecule has 7 heteroatoms. The van der Waals surface area contributed by atoms with E-state index in [9.17, 15) is 13.2 Å². The number of hydrogen-bond acceptors (Lipinski definition) is 5. The zero-order valence-corrected chi connectivity index (χ0v) is 14.1. The third-order valence-corrected chi connectivity index (χ3v) is 6.04. The maximum atomic E-state index is 12.5. The van der Waals surface area contributed by atoms with Crippen LogP contribution in [0, 0.1) is 0 Å². The number of sulfonamides is 1. The van der Waals surface area contributed by atoms with Gasteiger partial charge in [0.2, 0.25) is 10.0 Å². The molecule has 1 fully saturated rings. The van der Waals surface area contributed by atoms with Gasteiger partial charge >= 0.3 is 0 Å². The standard InChI is InChI=1S/C17H19N3O3S/c21-13-15-11-18-17(19-12-15)8-5-14-3-6-16(7-4-14)24(22,23)20-9-1-2-10-20/h3-4,6-7,11-13H,1-2,5,8-10H2. The Kier molecular flexibility index (Phi) is 5.01. The van der Waals surface area contributed by atoms with Crippen LogP contribution in [0.15, 0.2) is 41.6 Å². The molecule has 24 heavy (non-hydrogen) atoms. The summed E-state index contributed by atoms with van der Waals surface area (Å²) in [5, 5.41) is 0. The summed E-state index contributed by atoms with van der Waals surface area (Å²) in [5.74, 6) is 0.661.